The minimum atomic E-state index is -4.19. The molecule has 2 nitrogen and oxygen atoms in total. The number of alkyl halides is 3. The number of halogens is 3. The molecule has 0 aliphatic rings. The van der Waals surface area contributed by atoms with Crippen molar-refractivity contribution < 1.29 is 17.9 Å². The Morgan fingerprint density at radius 1 is 1.18 bits per heavy atom. The molecule has 0 aliphatic heterocycles. The van der Waals surface area contributed by atoms with Crippen molar-refractivity contribution >= 4 is 5.69 Å². The quantitative estimate of drug-likeness (QED) is 0.807. The molecule has 5 heteroatoms. The lowest BCUT2D eigenvalue weighted by atomic mass is 10.2. The van der Waals surface area contributed by atoms with Crippen LogP contribution < -0.4 is 9.64 Å². The van der Waals surface area contributed by atoms with Gasteiger partial charge in [0.1, 0.15) is 12.3 Å². The van der Waals surface area contributed by atoms with E-state index in [1.165, 1.54) is 7.05 Å². The first-order valence-electron chi connectivity index (χ1n) is 5.32. The Bertz CT molecular complexity index is 346. The second-order valence-electron chi connectivity index (χ2n) is 4.13. The Hall–Kier alpha value is -1.39. The molecule has 0 spiro atoms. The van der Waals surface area contributed by atoms with Crippen molar-refractivity contribution in [1.29, 1.82) is 0 Å². The molecule has 0 bridgehead atoms. The van der Waals surface area contributed by atoms with E-state index in [2.05, 4.69) is 0 Å². The van der Waals surface area contributed by atoms with Crippen LogP contribution in [0.25, 0.3) is 0 Å². The monoisotopic (exact) mass is 247 g/mol. The van der Waals surface area contributed by atoms with Gasteiger partial charge in [-0.15, -0.1) is 0 Å². The minimum Gasteiger partial charge on any atom is -0.491 e. The molecule has 0 radical (unpaired) electrons. The van der Waals surface area contributed by atoms with E-state index in [9.17, 15) is 13.2 Å². The number of ether oxygens (including phenoxy) is 1. The highest BCUT2D eigenvalue weighted by atomic mass is 19.4. The summed E-state index contributed by atoms with van der Waals surface area (Å²) in [6.45, 7) is 2.82. The number of anilines is 1. The Labute approximate surface area is 99.0 Å². The van der Waals surface area contributed by atoms with Crippen molar-refractivity contribution in [2.45, 2.75) is 26.1 Å². The fourth-order valence-corrected chi connectivity index (χ4v) is 1.41. The zero-order valence-electron chi connectivity index (χ0n) is 10.1. The maximum absolute atomic E-state index is 12.2. The van der Waals surface area contributed by atoms with Crippen molar-refractivity contribution in [3.05, 3.63) is 24.3 Å². The Balaban J connectivity index is 2.67. The Kier molecular flexibility index (Phi) is 4.26. The van der Waals surface area contributed by atoms with Crippen LogP contribution in [-0.2, 0) is 0 Å². The molecule has 1 aromatic rings. The number of benzene rings is 1. The normalized spacial score (nSPS) is 11.7. The van der Waals surface area contributed by atoms with Gasteiger partial charge >= 0.3 is 6.18 Å². The third-order valence-corrected chi connectivity index (χ3v) is 2.07. The highest BCUT2D eigenvalue weighted by molar-refractivity contribution is 5.48. The summed E-state index contributed by atoms with van der Waals surface area (Å²) in [5.74, 6) is 0.657. The van der Waals surface area contributed by atoms with Gasteiger partial charge in [0.2, 0.25) is 0 Å². The topological polar surface area (TPSA) is 12.5 Å². The van der Waals surface area contributed by atoms with Crippen LogP contribution in [0.2, 0.25) is 0 Å². The first-order valence-corrected chi connectivity index (χ1v) is 5.32. The molecule has 0 atom stereocenters. The molecule has 0 aromatic heterocycles. The fraction of sp³-hybridized carbons (Fsp3) is 0.500. The van der Waals surface area contributed by atoms with Crippen molar-refractivity contribution in [3.8, 4) is 5.75 Å². The molecule has 1 rings (SSSR count). The molecular weight excluding hydrogens is 231 g/mol. The van der Waals surface area contributed by atoms with Gasteiger partial charge in [-0.05, 0) is 38.1 Å². The number of rotatable bonds is 4. The SMILES string of the molecule is CC(C)Oc1ccc(N(C)CC(F)(F)F)cc1. The molecule has 0 fully saturated rings. The highest BCUT2D eigenvalue weighted by Crippen LogP contribution is 2.23. The largest absolute Gasteiger partial charge is 0.491 e. The van der Waals surface area contributed by atoms with E-state index >= 15 is 0 Å². The summed E-state index contributed by atoms with van der Waals surface area (Å²) >= 11 is 0. The molecule has 96 valence electrons. The predicted octanol–water partition coefficient (Wildman–Crippen LogP) is 3.47. The van der Waals surface area contributed by atoms with Gasteiger partial charge in [-0.1, -0.05) is 0 Å². The van der Waals surface area contributed by atoms with Gasteiger partial charge in [0, 0.05) is 12.7 Å². The van der Waals surface area contributed by atoms with Gasteiger partial charge in [-0.3, -0.25) is 0 Å². The molecule has 0 unspecified atom stereocenters. The lowest BCUT2D eigenvalue weighted by Gasteiger charge is -2.21. The van der Waals surface area contributed by atoms with Crippen LogP contribution in [-0.4, -0.2) is 25.9 Å². The van der Waals surface area contributed by atoms with Crippen molar-refractivity contribution in [2.75, 3.05) is 18.5 Å². The van der Waals surface area contributed by atoms with Crippen LogP contribution in [0.4, 0.5) is 18.9 Å². The van der Waals surface area contributed by atoms with E-state index in [4.69, 9.17) is 4.74 Å². The maximum Gasteiger partial charge on any atom is 0.405 e. The molecule has 0 aliphatic carbocycles. The summed E-state index contributed by atoms with van der Waals surface area (Å²) < 4.78 is 41.9. The second-order valence-corrected chi connectivity index (χ2v) is 4.13. The number of hydrogen-bond donors (Lipinski definition) is 0. The van der Waals surface area contributed by atoms with E-state index in [1.54, 1.807) is 24.3 Å². The van der Waals surface area contributed by atoms with Crippen molar-refractivity contribution in [1.82, 2.24) is 0 Å². The summed E-state index contributed by atoms with van der Waals surface area (Å²) in [5, 5.41) is 0. The van der Waals surface area contributed by atoms with Gasteiger partial charge in [-0.2, -0.15) is 13.2 Å². The fourth-order valence-electron chi connectivity index (χ4n) is 1.41. The smallest absolute Gasteiger partial charge is 0.405 e. The molecule has 0 saturated heterocycles. The van der Waals surface area contributed by atoms with Crippen LogP contribution in [0.15, 0.2) is 24.3 Å². The van der Waals surface area contributed by atoms with E-state index in [-0.39, 0.29) is 6.10 Å². The van der Waals surface area contributed by atoms with E-state index in [0.717, 1.165) is 4.90 Å². The third kappa shape index (κ3) is 4.97. The summed E-state index contributed by atoms with van der Waals surface area (Å²) in [4.78, 5) is 1.15. The lowest BCUT2D eigenvalue weighted by molar-refractivity contribution is -0.119. The molecule has 0 heterocycles. The molecule has 17 heavy (non-hydrogen) atoms. The van der Waals surface area contributed by atoms with Gasteiger partial charge in [0.15, 0.2) is 0 Å². The first-order chi connectivity index (χ1) is 7.78. The standard InChI is InChI=1S/C12H16F3NO/c1-9(2)17-11-6-4-10(5-7-11)16(3)8-12(13,14)15/h4-7,9H,8H2,1-3H3. The first kappa shape index (κ1) is 13.7. The van der Waals surface area contributed by atoms with Crippen LogP contribution in [0.5, 0.6) is 5.75 Å². The second kappa shape index (κ2) is 5.29. The summed E-state index contributed by atoms with van der Waals surface area (Å²) in [6, 6.07) is 6.57. The van der Waals surface area contributed by atoms with Crippen LogP contribution in [0, 0.1) is 0 Å². The van der Waals surface area contributed by atoms with Gasteiger partial charge < -0.3 is 9.64 Å². The zero-order valence-corrected chi connectivity index (χ0v) is 10.1. The summed E-state index contributed by atoms with van der Waals surface area (Å²) in [7, 11) is 1.41. The number of nitrogens with zero attached hydrogens (tertiary/aromatic N) is 1. The highest BCUT2D eigenvalue weighted by Gasteiger charge is 2.29. The average molecular weight is 247 g/mol. The zero-order chi connectivity index (χ0) is 13.1. The van der Waals surface area contributed by atoms with Crippen LogP contribution >= 0.6 is 0 Å². The predicted molar refractivity (Wildman–Crippen MR) is 61.5 cm³/mol. The molecule has 0 amide bonds. The summed E-state index contributed by atoms with van der Waals surface area (Å²) in [6.07, 6.45) is -4.14. The van der Waals surface area contributed by atoms with Gasteiger partial charge in [0.05, 0.1) is 6.10 Å². The Morgan fingerprint density at radius 2 is 1.71 bits per heavy atom. The Morgan fingerprint density at radius 3 is 2.12 bits per heavy atom. The van der Waals surface area contributed by atoms with Gasteiger partial charge in [-0.25, -0.2) is 0 Å². The van der Waals surface area contributed by atoms with Crippen molar-refractivity contribution in [3.63, 3.8) is 0 Å². The van der Waals surface area contributed by atoms with Crippen LogP contribution in [0.3, 0.4) is 0 Å². The molecule has 0 N–H and O–H groups in total. The molecular formula is C12H16F3NO. The van der Waals surface area contributed by atoms with E-state index in [1.807, 2.05) is 13.8 Å². The maximum atomic E-state index is 12.2. The van der Waals surface area contributed by atoms with Gasteiger partial charge in [0.25, 0.3) is 0 Å². The number of hydrogen-bond acceptors (Lipinski definition) is 2. The summed E-state index contributed by atoms with van der Waals surface area (Å²) in [5.41, 5.74) is 0.512. The molecule has 0 saturated carbocycles. The van der Waals surface area contributed by atoms with E-state index < -0.39 is 12.7 Å². The van der Waals surface area contributed by atoms with Crippen LogP contribution in [0.1, 0.15) is 13.8 Å². The third-order valence-electron chi connectivity index (χ3n) is 2.07. The van der Waals surface area contributed by atoms with E-state index in [0.29, 0.717) is 11.4 Å². The minimum absolute atomic E-state index is 0.0498. The lowest BCUT2D eigenvalue weighted by Crippen LogP contribution is -2.30. The van der Waals surface area contributed by atoms with Crippen molar-refractivity contribution in [2.24, 2.45) is 0 Å². The molecule has 1 aromatic carbocycles. The average Bonchev–Trinajstić information content (AvgIpc) is 2.15.